The van der Waals surface area contributed by atoms with Crippen molar-refractivity contribution >= 4 is 12.1 Å². The van der Waals surface area contributed by atoms with Crippen LogP contribution in [0.5, 0.6) is 5.75 Å². The van der Waals surface area contributed by atoms with Crippen molar-refractivity contribution in [2.75, 3.05) is 20.3 Å². The number of ether oxygens (including phenoxy) is 1. The summed E-state index contributed by atoms with van der Waals surface area (Å²) in [7, 11) is 1.62. The summed E-state index contributed by atoms with van der Waals surface area (Å²) in [5, 5.41) is 12.4. The molecule has 0 bridgehead atoms. The zero-order chi connectivity index (χ0) is 21.9. The van der Waals surface area contributed by atoms with Crippen LogP contribution in [0.25, 0.3) is 0 Å². The molecule has 0 spiro atoms. The maximum absolute atomic E-state index is 12.2. The lowest BCUT2D eigenvalue weighted by molar-refractivity contribution is -0.123. The number of nitrogens with zero attached hydrogens (tertiary/aromatic N) is 1. The molecule has 0 aliphatic carbocycles. The number of amides is 1. The summed E-state index contributed by atoms with van der Waals surface area (Å²) in [6, 6.07) is 6.64. The van der Waals surface area contributed by atoms with E-state index < -0.39 is 6.04 Å². The van der Waals surface area contributed by atoms with E-state index >= 15 is 0 Å². The summed E-state index contributed by atoms with van der Waals surface area (Å²) in [6.07, 6.45) is 17.2. The van der Waals surface area contributed by atoms with Crippen molar-refractivity contribution in [1.82, 2.24) is 5.32 Å². The van der Waals surface area contributed by atoms with Crippen molar-refractivity contribution < 1.29 is 14.6 Å². The van der Waals surface area contributed by atoms with Crippen LogP contribution in [0.3, 0.4) is 0 Å². The Labute approximate surface area is 183 Å². The van der Waals surface area contributed by atoms with Crippen LogP contribution in [-0.4, -0.2) is 43.5 Å². The molecule has 0 radical (unpaired) electrons. The Kier molecular flexibility index (Phi) is 15.6. The van der Waals surface area contributed by atoms with E-state index in [1.54, 1.807) is 13.3 Å². The molecule has 5 heteroatoms. The Morgan fingerprint density at radius 3 is 2.00 bits per heavy atom. The van der Waals surface area contributed by atoms with Gasteiger partial charge in [0.25, 0.3) is 0 Å². The number of rotatable bonds is 18. The van der Waals surface area contributed by atoms with Crippen molar-refractivity contribution in [3.63, 3.8) is 0 Å². The van der Waals surface area contributed by atoms with Gasteiger partial charge in [0, 0.05) is 12.8 Å². The number of nitrogens with one attached hydrogen (secondary N) is 1. The van der Waals surface area contributed by atoms with Gasteiger partial charge in [-0.3, -0.25) is 9.79 Å². The molecule has 0 unspecified atom stereocenters. The SMILES string of the molecule is CCCCCCCCCCCCCCNC(=O)[C@H](CO)/N=C/c1ccc(OC)cc1. The standard InChI is InChI=1S/C25H42N2O3/c1-3-4-5-6-7-8-9-10-11-12-13-14-19-26-25(29)24(21-28)27-20-22-15-17-23(30-2)18-16-22/h15-18,20,24,28H,3-14,19,21H2,1-2H3,(H,26,29)/b27-20+/t24-/m0/s1. The third kappa shape index (κ3) is 12.6. The van der Waals surface area contributed by atoms with Gasteiger partial charge < -0.3 is 15.2 Å². The molecule has 1 aromatic rings. The molecule has 1 amide bonds. The lowest BCUT2D eigenvalue weighted by atomic mass is 10.1. The van der Waals surface area contributed by atoms with Crippen molar-refractivity contribution in [1.29, 1.82) is 0 Å². The molecule has 0 aliphatic rings. The maximum atomic E-state index is 12.2. The van der Waals surface area contributed by atoms with Gasteiger partial charge in [-0.25, -0.2) is 0 Å². The highest BCUT2D eigenvalue weighted by Crippen LogP contribution is 2.12. The number of carbonyl (C=O) groups is 1. The Bertz CT molecular complexity index is 572. The summed E-state index contributed by atoms with van der Waals surface area (Å²) in [4.78, 5) is 16.4. The van der Waals surface area contributed by atoms with E-state index in [2.05, 4.69) is 17.2 Å². The summed E-state index contributed by atoms with van der Waals surface area (Å²) in [6.45, 7) is 2.61. The van der Waals surface area contributed by atoms with Gasteiger partial charge in [0.1, 0.15) is 5.75 Å². The highest BCUT2D eigenvalue weighted by molar-refractivity contribution is 5.86. The molecule has 2 N–H and O–H groups in total. The van der Waals surface area contributed by atoms with Gasteiger partial charge >= 0.3 is 0 Å². The monoisotopic (exact) mass is 418 g/mol. The topological polar surface area (TPSA) is 70.9 Å². The van der Waals surface area contributed by atoms with Crippen LogP contribution in [0.15, 0.2) is 29.3 Å². The number of aliphatic hydroxyl groups excluding tert-OH is 1. The molecule has 0 fully saturated rings. The number of aliphatic hydroxyl groups is 1. The van der Waals surface area contributed by atoms with Gasteiger partial charge in [-0.2, -0.15) is 0 Å². The van der Waals surface area contributed by atoms with Crippen LogP contribution in [0.2, 0.25) is 0 Å². The smallest absolute Gasteiger partial charge is 0.247 e. The summed E-state index contributed by atoms with van der Waals surface area (Å²) in [5.41, 5.74) is 0.864. The maximum Gasteiger partial charge on any atom is 0.247 e. The molecular weight excluding hydrogens is 376 g/mol. The predicted molar refractivity (Wildman–Crippen MR) is 126 cm³/mol. The fourth-order valence-corrected chi connectivity index (χ4v) is 3.36. The molecule has 170 valence electrons. The van der Waals surface area contributed by atoms with Crippen LogP contribution in [0, 0.1) is 0 Å². The summed E-state index contributed by atoms with van der Waals surface area (Å²) >= 11 is 0. The normalized spacial score (nSPS) is 12.2. The van der Waals surface area contributed by atoms with Crippen molar-refractivity contribution in [3.8, 4) is 5.75 Å². The highest BCUT2D eigenvalue weighted by atomic mass is 16.5. The fourth-order valence-electron chi connectivity index (χ4n) is 3.36. The zero-order valence-corrected chi connectivity index (χ0v) is 19.1. The van der Waals surface area contributed by atoms with Gasteiger partial charge in [-0.1, -0.05) is 77.6 Å². The number of unbranched alkanes of at least 4 members (excludes halogenated alkanes) is 11. The Hall–Kier alpha value is -1.88. The first-order valence-corrected chi connectivity index (χ1v) is 11.8. The number of aliphatic imine (C=N–C) groups is 1. The van der Waals surface area contributed by atoms with Crippen LogP contribution < -0.4 is 10.1 Å². The van der Waals surface area contributed by atoms with Crippen molar-refractivity contribution in [2.24, 2.45) is 4.99 Å². The number of hydrogen-bond donors (Lipinski definition) is 2. The first-order valence-electron chi connectivity index (χ1n) is 11.8. The van der Waals surface area contributed by atoms with E-state index in [-0.39, 0.29) is 12.5 Å². The fraction of sp³-hybridized carbons (Fsp3) is 0.680. The molecule has 0 aliphatic heterocycles. The summed E-state index contributed by atoms with van der Waals surface area (Å²) < 4.78 is 5.12. The molecular formula is C25H42N2O3. The minimum atomic E-state index is -0.760. The van der Waals surface area contributed by atoms with E-state index in [1.165, 1.54) is 64.2 Å². The van der Waals surface area contributed by atoms with Crippen molar-refractivity contribution in [3.05, 3.63) is 29.8 Å². The molecule has 0 heterocycles. The van der Waals surface area contributed by atoms with E-state index in [0.717, 1.165) is 24.2 Å². The van der Waals surface area contributed by atoms with Gasteiger partial charge in [0.2, 0.25) is 5.91 Å². The van der Waals surface area contributed by atoms with E-state index in [0.29, 0.717) is 6.54 Å². The molecule has 30 heavy (non-hydrogen) atoms. The largest absolute Gasteiger partial charge is 0.497 e. The molecule has 5 nitrogen and oxygen atoms in total. The molecule has 0 aromatic heterocycles. The van der Waals surface area contributed by atoms with Crippen LogP contribution in [-0.2, 0) is 4.79 Å². The molecule has 1 rings (SSSR count). The minimum absolute atomic E-state index is 0.217. The quantitative estimate of drug-likeness (QED) is 0.251. The molecule has 0 saturated heterocycles. The number of hydrogen-bond acceptors (Lipinski definition) is 4. The molecule has 0 saturated carbocycles. The van der Waals surface area contributed by atoms with Crippen LogP contribution in [0.4, 0.5) is 0 Å². The zero-order valence-electron chi connectivity index (χ0n) is 19.1. The average molecular weight is 419 g/mol. The average Bonchev–Trinajstić information content (AvgIpc) is 2.77. The van der Waals surface area contributed by atoms with Gasteiger partial charge in [-0.05, 0) is 36.2 Å². The van der Waals surface area contributed by atoms with Crippen LogP contribution >= 0.6 is 0 Å². The van der Waals surface area contributed by atoms with E-state index in [1.807, 2.05) is 24.3 Å². The van der Waals surface area contributed by atoms with Crippen LogP contribution in [0.1, 0.15) is 89.5 Å². The first-order chi connectivity index (χ1) is 14.7. The highest BCUT2D eigenvalue weighted by Gasteiger charge is 2.14. The lowest BCUT2D eigenvalue weighted by Gasteiger charge is -2.10. The minimum Gasteiger partial charge on any atom is -0.497 e. The third-order valence-electron chi connectivity index (χ3n) is 5.32. The second-order valence-electron chi connectivity index (χ2n) is 7.93. The summed E-state index contributed by atoms with van der Waals surface area (Å²) in [5.74, 6) is 0.552. The number of carbonyl (C=O) groups excluding carboxylic acids is 1. The number of benzene rings is 1. The molecule has 1 atom stereocenters. The Morgan fingerprint density at radius 1 is 0.967 bits per heavy atom. The first kappa shape index (κ1) is 26.2. The number of methoxy groups -OCH3 is 1. The van der Waals surface area contributed by atoms with Crippen molar-refractivity contribution in [2.45, 2.75) is 90.0 Å². The van der Waals surface area contributed by atoms with Gasteiger partial charge in [0.05, 0.1) is 13.7 Å². The lowest BCUT2D eigenvalue weighted by Crippen LogP contribution is -2.36. The molecule has 1 aromatic carbocycles. The Morgan fingerprint density at radius 2 is 1.50 bits per heavy atom. The Balaban J connectivity index is 2.07. The predicted octanol–water partition coefficient (Wildman–Crippen LogP) is 5.29. The van der Waals surface area contributed by atoms with Gasteiger partial charge in [0.15, 0.2) is 6.04 Å². The third-order valence-corrected chi connectivity index (χ3v) is 5.32. The van der Waals surface area contributed by atoms with E-state index in [9.17, 15) is 9.90 Å². The second-order valence-corrected chi connectivity index (χ2v) is 7.93. The van der Waals surface area contributed by atoms with Gasteiger partial charge in [-0.15, -0.1) is 0 Å². The second kappa shape index (κ2) is 17.9. The van der Waals surface area contributed by atoms with E-state index in [4.69, 9.17) is 4.74 Å².